The lowest BCUT2D eigenvalue weighted by Crippen LogP contribution is -2.01. The number of aldehydes is 1. The molecule has 3 nitrogen and oxygen atoms in total. The number of carbonyl (C=O) groups excluding carboxylic acids is 1. The van der Waals surface area contributed by atoms with Crippen LogP contribution in [0.2, 0.25) is 0 Å². The Bertz CT molecular complexity index is 415. The van der Waals surface area contributed by atoms with Gasteiger partial charge in [-0.3, -0.25) is 4.79 Å². The largest absolute Gasteiger partial charge is 0.296 e. The van der Waals surface area contributed by atoms with E-state index in [4.69, 9.17) is 5.26 Å². The van der Waals surface area contributed by atoms with Crippen LogP contribution in [0.15, 0.2) is 6.07 Å². The van der Waals surface area contributed by atoms with Crippen LogP contribution >= 0.6 is 22.6 Å². The van der Waals surface area contributed by atoms with Crippen molar-refractivity contribution < 1.29 is 13.6 Å². The molecule has 0 aliphatic carbocycles. The Balaban J connectivity index is 3.41. The predicted molar refractivity (Wildman–Crippen MR) is 52.0 cm³/mol. The Hall–Kier alpha value is -1.10. The van der Waals surface area contributed by atoms with E-state index in [2.05, 4.69) is 4.98 Å². The van der Waals surface area contributed by atoms with E-state index in [1.807, 2.05) is 0 Å². The summed E-state index contributed by atoms with van der Waals surface area (Å²) in [5.41, 5.74) is -0.771. The molecule has 6 heteroatoms. The summed E-state index contributed by atoms with van der Waals surface area (Å²) in [5.74, 6) is 0. The molecule has 14 heavy (non-hydrogen) atoms. The molecule has 0 aromatic carbocycles. The lowest BCUT2D eigenvalue weighted by atomic mass is 10.1. The summed E-state index contributed by atoms with van der Waals surface area (Å²) in [6, 6.07) is 2.71. The van der Waals surface area contributed by atoms with Gasteiger partial charge in [0.25, 0.3) is 6.43 Å². The van der Waals surface area contributed by atoms with E-state index in [0.29, 0.717) is 0 Å². The van der Waals surface area contributed by atoms with E-state index < -0.39 is 12.0 Å². The van der Waals surface area contributed by atoms with E-state index >= 15 is 0 Å². The third-order valence-electron chi connectivity index (χ3n) is 1.50. The molecule has 0 unspecified atom stereocenters. The van der Waals surface area contributed by atoms with E-state index in [1.165, 1.54) is 0 Å². The second kappa shape index (κ2) is 4.41. The molecule has 0 spiro atoms. The molecule has 1 rings (SSSR count). The van der Waals surface area contributed by atoms with Crippen molar-refractivity contribution in [3.8, 4) is 6.07 Å². The van der Waals surface area contributed by atoms with Gasteiger partial charge >= 0.3 is 0 Å². The summed E-state index contributed by atoms with van der Waals surface area (Å²) in [7, 11) is 0. The number of pyridine rings is 1. The maximum atomic E-state index is 12.4. The zero-order chi connectivity index (χ0) is 10.7. The van der Waals surface area contributed by atoms with Crippen LogP contribution in [0.4, 0.5) is 8.78 Å². The van der Waals surface area contributed by atoms with Gasteiger partial charge in [0.05, 0.1) is 5.56 Å². The van der Waals surface area contributed by atoms with E-state index in [9.17, 15) is 13.6 Å². The minimum absolute atomic E-state index is 0.0477. The summed E-state index contributed by atoms with van der Waals surface area (Å²) in [4.78, 5) is 14.0. The highest BCUT2D eigenvalue weighted by Crippen LogP contribution is 2.23. The summed E-state index contributed by atoms with van der Waals surface area (Å²) in [6.45, 7) is 0. The van der Waals surface area contributed by atoms with Crippen molar-refractivity contribution >= 4 is 28.9 Å². The van der Waals surface area contributed by atoms with Gasteiger partial charge in [0.1, 0.15) is 15.5 Å². The molecule has 0 amide bonds. The van der Waals surface area contributed by atoms with Crippen molar-refractivity contribution in [2.75, 3.05) is 0 Å². The van der Waals surface area contributed by atoms with Crippen LogP contribution in [0.3, 0.4) is 0 Å². The van der Waals surface area contributed by atoms with Crippen LogP contribution in [-0.4, -0.2) is 11.3 Å². The van der Waals surface area contributed by atoms with Gasteiger partial charge in [0.15, 0.2) is 6.29 Å². The van der Waals surface area contributed by atoms with Gasteiger partial charge in [-0.05, 0) is 28.7 Å². The fraction of sp³-hybridized carbons (Fsp3) is 0.125. The first kappa shape index (κ1) is 11.0. The molecule has 0 bridgehead atoms. The van der Waals surface area contributed by atoms with Crippen molar-refractivity contribution in [1.82, 2.24) is 4.98 Å². The summed E-state index contributed by atoms with van der Waals surface area (Å²) in [5, 5.41) is 8.56. The van der Waals surface area contributed by atoms with Gasteiger partial charge in [-0.1, -0.05) is 0 Å². The highest BCUT2D eigenvalue weighted by molar-refractivity contribution is 14.1. The van der Waals surface area contributed by atoms with Crippen molar-refractivity contribution in [3.63, 3.8) is 0 Å². The van der Waals surface area contributed by atoms with Crippen molar-refractivity contribution in [2.45, 2.75) is 6.43 Å². The molecule has 1 heterocycles. The minimum Gasteiger partial charge on any atom is -0.296 e. The maximum Gasteiger partial charge on any atom is 0.266 e. The smallest absolute Gasteiger partial charge is 0.266 e. The molecule has 72 valence electrons. The normalized spacial score (nSPS) is 9.93. The molecular weight excluding hydrogens is 305 g/mol. The van der Waals surface area contributed by atoms with E-state index in [1.54, 1.807) is 28.7 Å². The molecule has 0 saturated heterocycles. The van der Waals surface area contributed by atoms with Gasteiger partial charge in [-0.2, -0.15) is 5.26 Å². The van der Waals surface area contributed by atoms with Crippen LogP contribution < -0.4 is 0 Å². The quantitative estimate of drug-likeness (QED) is 0.478. The van der Waals surface area contributed by atoms with Gasteiger partial charge in [0.2, 0.25) is 0 Å². The number of hydrogen-bond acceptors (Lipinski definition) is 3. The van der Waals surface area contributed by atoms with Gasteiger partial charge in [0, 0.05) is 5.56 Å². The molecule has 1 aromatic rings. The maximum absolute atomic E-state index is 12.4. The lowest BCUT2D eigenvalue weighted by Gasteiger charge is -2.04. The Kier molecular flexibility index (Phi) is 3.46. The molecule has 0 aliphatic rings. The Labute approximate surface area is 91.9 Å². The van der Waals surface area contributed by atoms with Crippen molar-refractivity contribution in [1.29, 1.82) is 5.26 Å². The van der Waals surface area contributed by atoms with Crippen LogP contribution in [0, 0.1) is 15.0 Å². The minimum atomic E-state index is -2.80. The van der Waals surface area contributed by atoms with Crippen molar-refractivity contribution in [2.24, 2.45) is 0 Å². The van der Waals surface area contributed by atoms with Gasteiger partial charge in [-0.25, -0.2) is 13.8 Å². The van der Waals surface area contributed by atoms with Gasteiger partial charge < -0.3 is 0 Å². The number of nitriles is 1. The second-order valence-electron chi connectivity index (χ2n) is 2.33. The number of halogens is 3. The topological polar surface area (TPSA) is 53.8 Å². The SMILES string of the molecule is N#Cc1cc(C(F)F)c(C=O)nc1I. The Morgan fingerprint density at radius 2 is 2.29 bits per heavy atom. The molecule has 0 aliphatic heterocycles. The van der Waals surface area contributed by atoms with Crippen LogP contribution in [0.1, 0.15) is 28.0 Å². The molecule has 0 saturated carbocycles. The average Bonchev–Trinajstić information content (AvgIpc) is 2.16. The first-order valence-electron chi connectivity index (χ1n) is 3.44. The van der Waals surface area contributed by atoms with Crippen LogP contribution in [0.25, 0.3) is 0 Å². The Morgan fingerprint density at radius 1 is 1.64 bits per heavy atom. The van der Waals surface area contributed by atoms with Gasteiger partial charge in [-0.15, -0.1) is 0 Å². The van der Waals surface area contributed by atoms with E-state index in [0.717, 1.165) is 6.07 Å². The fourth-order valence-corrected chi connectivity index (χ4v) is 1.40. The number of hydrogen-bond donors (Lipinski definition) is 0. The second-order valence-corrected chi connectivity index (χ2v) is 3.35. The highest BCUT2D eigenvalue weighted by Gasteiger charge is 2.16. The molecule has 0 atom stereocenters. The van der Waals surface area contributed by atoms with Crippen molar-refractivity contribution in [3.05, 3.63) is 26.6 Å². The standard InChI is InChI=1S/C8H3F2IN2O/c9-7(10)5-1-4(2-12)8(11)13-6(5)3-14/h1,3,7H. The third kappa shape index (κ3) is 2.04. The first-order chi connectivity index (χ1) is 6.60. The van der Waals surface area contributed by atoms with Crippen LogP contribution in [0.5, 0.6) is 0 Å². The Morgan fingerprint density at radius 3 is 2.71 bits per heavy atom. The molecule has 0 fully saturated rings. The number of carbonyl (C=O) groups is 1. The van der Waals surface area contributed by atoms with Crippen LogP contribution in [-0.2, 0) is 0 Å². The molecule has 1 aromatic heterocycles. The number of aromatic nitrogens is 1. The number of rotatable bonds is 2. The highest BCUT2D eigenvalue weighted by atomic mass is 127. The predicted octanol–water partition coefficient (Wildman–Crippen LogP) is 2.31. The third-order valence-corrected chi connectivity index (χ3v) is 2.33. The fourth-order valence-electron chi connectivity index (χ4n) is 0.867. The monoisotopic (exact) mass is 308 g/mol. The molecule has 0 N–H and O–H groups in total. The summed E-state index contributed by atoms with van der Waals surface area (Å²) < 4.78 is 25.0. The molecular formula is C8H3F2IN2O. The zero-order valence-corrected chi connectivity index (χ0v) is 8.83. The van der Waals surface area contributed by atoms with E-state index in [-0.39, 0.29) is 21.2 Å². The number of alkyl halides is 2. The summed E-state index contributed by atoms with van der Waals surface area (Å²) in [6.07, 6.45) is -2.54. The first-order valence-corrected chi connectivity index (χ1v) is 4.52. The average molecular weight is 308 g/mol. The zero-order valence-electron chi connectivity index (χ0n) is 6.67. The number of nitrogens with zero attached hydrogens (tertiary/aromatic N) is 2. The summed E-state index contributed by atoms with van der Waals surface area (Å²) >= 11 is 1.71. The lowest BCUT2D eigenvalue weighted by molar-refractivity contribution is 0.110. The molecule has 0 radical (unpaired) electrons.